The van der Waals surface area contributed by atoms with Gasteiger partial charge >= 0.3 is 0 Å². The number of anilines is 1. The second-order valence-corrected chi connectivity index (χ2v) is 6.99. The largest absolute Gasteiger partial charge is 0.493 e. The van der Waals surface area contributed by atoms with E-state index >= 15 is 0 Å². The molecule has 1 aromatic rings. The van der Waals surface area contributed by atoms with Crippen molar-refractivity contribution in [1.82, 2.24) is 15.1 Å². The summed E-state index contributed by atoms with van der Waals surface area (Å²) in [6.07, 6.45) is 3.86. The van der Waals surface area contributed by atoms with Crippen LogP contribution < -0.4 is 11.1 Å². The molecule has 11 nitrogen and oxygen atoms in total. The number of allylic oxidation sites excluding steroid dienone is 2. The molecule has 12 heteroatoms. The van der Waals surface area contributed by atoms with Gasteiger partial charge in [-0.25, -0.2) is 4.99 Å². The quantitative estimate of drug-likeness (QED) is 0.570. The number of carbonyl (C=O) groups excluding carboxylic acids is 2. The average Bonchev–Trinajstić information content (AvgIpc) is 3.29. The highest BCUT2D eigenvalue weighted by molar-refractivity contribution is 7.18. The first kappa shape index (κ1) is 20.5. The van der Waals surface area contributed by atoms with Crippen molar-refractivity contribution < 1.29 is 24.2 Å². The topological polar surface area (TPSA) is 152 Å². The number of hydrogen-bond donors (Lipinski definition) is 3. The van der Waals surface area contributed by atoms with E-state index in [1.807, 2.05) is 0 Å². The van der Waals surface area contributed by atoms with Crippen molar-refractivity contribution in [3.8, 4) is 0 Å². The third-order valence-electron chi connectivity index (χ3n) is 4.04. The van der Waals surface area contributed by atoms with Gasteiger partial charge in [0.25, 0.3) is 12.2 Å². The molecule has 3 heterocycles. The molecule has 1 atom stereocenters. The van der Waals surface area contributed by atoms with Gasteiger partial charge in [-0.3, -0.25) is 14.9 Å². The summed E-state index contributed by atoms with van der Waals surface area (Å²) in [4.78, 5) is 30.3. The van der Waals surface area contributed by atoms with Crippen LogP contribution in [-0.2, 0) is 19.1 Å². The third kappa shape index (κ3) is 4.60. The monoisotopic (exact) mass is 420 g/mol. The highest BCUT2D eigenvalue weighted by Crippen LogP contribution is 2.30. The molecular formula is C17H20N6O5S. The Morgan fingerprint density at radius 3 is 3.00 bits per heavy atom. The van der Waals surface area contributed by atoms with Crippen LogP contribution >= 0.6 is 11.3 Å². The number of rotatable bonds is 6. The van der Waals surface area contributed by atoms with Crippen LogP contribution in [0.2, 0.25) is 0 Å². The second-order valence-electron chi connectivity index (χ2n) is 6.04. The molecule has 2 aliphatic rings. The lowest BCUT2D eigenvalue weighted by atomic mass is 10.2. The van der Waals surface area contributed by atoms with Crippen LogP contribution in [0.3, 0.4) is 0 Å². The third-order valence-corrected chi connectivity index (χ3v) is 4.77. The Bertz CT molecular complexity index is 934. The summed E-state index contributed by atoms with van der Waals surface area (Å²) in [6, 6.07) is 0. The Labute approximate surface area is 170 Å². The lowest BCUT2D eigenvalue weighted by Crippen LogP contribution is -2.33. The minimum atomic E-state index is -1.52. The van der Waals surface area contributed by atoms with E-state index in [4.69, 9.17) is 15.2 Å². The Hall–Kier alpha value is -3.25. The number of nitrogens with one attached hydrogen (secondary N) is 1. The number of hydrogen-bond acceptors (Lipinski definition) is 10. The van der Waals surface area contributed by atoms with Crippen LogP contribution in [0.5, 0.6) is 0 Å². The van der Waals surface area contributed by atoms with Crippen molar-refractivity contribution >= 4 is 39.1 Å². The maximum absolute atomic E-state index is 12.6. The van der Waals surface area contributed by atoms with Gasteiger partial charge in [-0.2, -0.15) is 0 Å². The summed E-state index contributed by atoms with van der Waals surface area (Å²) in [5, 5.41) is 21.0. The Morgan fingerprint density at radius 2 is 2.34 bits per heavy atom. The van der Waals surface area contributed by atoms with Crippen LogP contribution in [0.25, 0.3) is 0 Å². The molecule has 3 rings (SSSR count). The molecular weight excluding hydrogens is 400 g/mol. The molecule has 0 aliphatic carbocycles. The SMILES string of the molecule is COC1=C(N2CCCC2=O)C=C(C(=O)Nc2nnc(N=C(C)C=CN)s2)OC1O. The van der Waals surface area contributed by atoms with Crippen LogP contribution in [0.15, 0.2) is 40.6 Å². The van der Waals surface area contributed by atoms with E-state index in [0.29, 0.717) is 35.9 Å². The smallest absolute Gasteiger partial charge is 0.292 e. The fourth-order valence-corrected chi connectivity index (χ4v) is 3.43. The molecule has 0 radical (unpaired) electrons. The van der Waals surface area contributed by atoms with Crippen molar-refractivity contribution in [1.29, 1.82) is 0 Å². The highest BCUT2D eigenvalue weighted by atomic mass is 32.1. The van der Waals surface area contributed by atoms with E-state index < -0.39 is 12.2 Å². The number of amides is 2. The molecule has 154 valence electrons. The number of nitrogens with two attached hydrogens (primary N) is 1. The predicted octanol–water partition coefficient (Wildman–Crippen LogP) is 0.754. The highest BCUT2D eigenvalue weighted by Gasteiger charge is 2.34. The normalized spacial score (nSPS) is 20.2. The molecule has 0 bridgehead atoms. The number of aliphatic hydroxyl groups excluding tert-OH is 1. The summed E-state index contributed by atoms with van der Waals surface area (Å²) in [5.74, 6) is -0.898. The van der Waals surface area contributed by atoms with E-state index in [1.54, 1.807) is 13.0 Å². The first-order valence-electron chi connectivity index (χ1n) is 8.66. The lowest BCUT2D eigenvalue weighted by Gasteiger charge is -2.28. The van der Waals surface area contributed by atoms with Gasteiger partial charge in [0.05, 0.1) is 12.8 Å². The molecule has 0 saturated carbocycles. The summed E-state index contributed by atoms with van der Waals surface area (Å²) in [6.45, 7) is 2.21. The van der Waals surface area contributed by atoms with Crippen molar-refractivity contribution in [3.63, 3.8) is 0 Å². The number of ether oxygens (including phenoxy) is 2. The molecule has 2 aliphatic heterocycles. The first-order chi connectivity index (χ1) is 13.9. The Kier molecular flexibility index (Phi) is 6.24. The number of aromatic nitrogens is 2. The molecule has 1 aromatic heterocycles. The Balaban J connectivity index is 1.79. The number of aliphatic imine (C=N–C) groups is 1. The molecule has 1 saturated heterocycles. The molecule has 2 amide bonds. The van der Waals surface area contributed by atoms with E-state index in [0.717, 1.165) is 11.3 Å². The number of nitrogens with zero attached hydrogens (tertiary/aromatic N) is 4. The maximum atomic E-state index is 12.6. The average molecular weight is 420 g/mol. The second kappa shape index (κ2) is 8.84. The van der Waals surface area contributed by atoms with E-state index in [2.05, 4.69) is 20.5 Å². The predicted molar refractivity (Wildman–Crippen MR) is 105 cm³/mol. The van der Waals surface area contributed by atoms with Gasteiger partial charge in [-0.15, -0.1) is 10.2 Å². The van der Waals surface area contributed by atoms with Gasteiger partial charge in [0.15, 0.2) is 11.5 Å². The number of likely N-dealkylation sites (tertiary alicyclic amines) is 1. The van der Waals surface area contributed by atoms with Crippen LogP contribution in [0, 0.1) is 0 Å². The number of aliphatic hydroxyl groups is 1. The molecule has 4 N–H and O–H groups in total. The zero-order valence-electron chi connectivity index (χ0n) is 15.8. The number of carbonyl (C=O) groups is 2. The molecule has 1 fully saturated rings. The van der Waals surface area contributed by atoms with Gasteiger partial charge in [0, 0.05) is 24.8 Å². The zero-order valence-corrected chi connectivity index (χ0v) is 16.6. The number of methoxy groups -OCH3 is 1. The summed E-state index contributed by atoms with van der Waals surface area (Å²) < 4.78 is 10.4. The Morgan fingerprint density at radius 1 is 1.55 bits per heavy atom. The molecule has 0 spiro atoms. The van der Waals surface area contributed by atoms with Gasteiger partial charge in [0.2, 0.25) is 16.2 Å². The lowest BCUT2D eigenvalue weighted by molar-refractivity contribution is -0.129. The first-order valence-corrected chi connectivity index (χ1v) is 9.48. The maximum Gasteiger partial charge on any atom is 0.292 e. The minimum Gasteiger partial charge on any atom is -0.493 e. The van der Waals surface area contributed by atoms with Gasteiger partial charge < -0.3 is 25.2 Å². The summed E-state index contributed by atoms with van der Waals surface area (Å²) >= 11 is 1.05. The van der Waals surface area contributed by atoms with Gasteiger partial charge in [0.1, 0.15) is 0 Å². The summed E-state index contributed by atoms with van der Waals surface area (Å²) in [5.41, 5.74) is 6.23. The zero-order chi connectivity index (χ0) is 21.0. The van der Waals surface area contributed by atoms with Gasteiger partial charge in [-0.05, 0) is 25.6 Å². The van der Waals surface area contributed by atoms with Crippen molar-refractivity contribution in [3.05, 3.63) is 35.6 Å². The van der Waals surface area contributed by atoms with E-state index in [9.17, 15) is 14.7 Å². The van der Waals surface area contributed by atoms with Crippen LogP contribution in [0.4, 0.5) is 10.3 Å². The molecule has 29 heavy (non-hydrogen) atoms. The van der Waals surface area contributed by atoms with Crippen LogP contribution in [-0.4, -0.2) is 57.7 Å². The van der Waals surface area contributed by atoms with Gasteiger partial charge in [-0.1, -0.05) is 11.3 Å². The summed E-state index contributed by atoms with van der Waals surface area (Å²) in [7, 11) is 1.35. The van der Waals surface area contributed by atoms with Crippen LogP contribution in [0.1, 0.15) is 19.8 Å². The van der Waals surface area contributed by atoms with Crippen molar-refractivity contribution in [2.45, 2.75) is 26.1 Å². The molecule has 1 unspecified atom stereocenters. The molecule has 0 aromatic carbocycles. The van der Waals surface area contributed by atoms with Crippen molar-refractivity contribution in [2.75, 3.05) is 19.0 Å². The van der Waals surface area contributed by atoms with Crippen molar-refractivity contribution in [2.24, 2.45) is 10.7 Å². The van der Waals surface area contributed by atoms with E-state index in [1.165, 1.54) is 24.3 Å². The fraction of sp³-hybridized carbons (Fsp3) is 0.353. The fourth-order valence-electron chi connectivity index (χ4n) is 2.77. The van der Waals surface area contributed by atoms with E-state index in [-0.39, 0.29) is 22.6 Å². The minimum absolute atomic E-state index is 0.0628. The standard InChI is InChI=1S/C17H20N6O5S/c1-9(5-6-18)19-16-21-22-17(29-16)20-14(25)11-8-10(13(27-2)15(26)28-11)23-7-3-4-12(23)24/h5-6,8,15,26H,3-4,7,18H2,1-2H3,(H,20,22,25).